The normalized spacial score (nSPS) is 10.3. The fraction of sp³-hybridized carbons (Fsp3) is 0.750. The lowest BCUT2D eigenvalue weighted by molar-refractivity contribution is 0.313. The Hall–Kier alpha value is -0.680. The predicted octanol–water partition coefficient (Wildman–Crippen LogP) is 1.09. The highest BCUT2D eigenvalue weighted by molar-refractivity contribution is 7.07. The Morgan fingerprint density at radius 2 is 2.31 bits per heavy atom. The zero-order valence-electron chi connectivity index (χ0n) is 8.04. The smallest absolute Gasteiger partial charge is 0.293 e. The molecule has 0 bridgehead atoms. The summed E-state index contributed by atoms with van der Waals surface area (Å²) < 4.78 is 9.49. The Morgan fingerprint density at radius 1 is 1.46 bits per heavy atom. The number of rotatable bonds is 6. The van der Waals surface area contributed by atoms with Crippen LogP contribution in [0, 0.1) is 0 Å². The van der Waals surface area contributed by atoms with Crippen LogP contribution in [0.5, 0.6) is 5.19 Å². The van der Waals surface area contributed by atoms with Crippen molar-refractivity contribution in [2.75, 3.05) is 19.7 Å². The van der Waals surface area contributed by atoms with E-state index in [4.69, 9.17) is 4.74 Å². The second-order valence-electron chi connectivity index (χ2n) is 2.53. The molecule has 1 heterocycles. The van der Waals surface area contributed by atoms with Gasteiger partial charge in [0.25, 0.3) is 5.19 Å². The molecule has 1 N–H and O–H groups in total. The van der Waals surface area contributed by atoms with Crippen LogP contribution < -0.4 is 10.1 Å². The molecule has 0 spiro atoms. The Morgan fingerprint density at radius 3 is 2.92 bits per heavy atom. The van der Waals surface area contributed by atoms with E-state index in [2.05, 4.69) is 21.6 Å². The molecule has 0 radical (unpaired) electrons. The molecular formula is C8H15N3OS. The average molecular weight is 201 g/mol. The lowest BCUT2D eigenvalue weighted by Crippen LogP contribution is -2.20. The minimum Gasteiger partial charge on any atom is -0.468 e. The molecule has 0 atom stereocenters. The van der Waals surface area contributed by atoms with Gasteiger partial charge in [-0.3, -0.25) is 0 Å². The Bertz CT molecular complexity index is 239. The van der Waals surface area contributed by atoms with Crippen molar-refractivity contribution in [1.29, 1.82) is 0 Å². The van der Waals surface area contributed by atoms with Crippen LogP contribution in [0.4, 0.5) is 0 Å². The lowest BCUT2D eigenvalue weighted by Gasteiger charge is -2.00. The Balaban J connectivity index is 2.20. The molecular weight excluding hydrogens is 186 g/mol. The number of hydrogen-bond donors (Lipinski definition) is 1. The summed E-state index contributed by atoms with van der Waals surface area (Å²) in [6.45, 7) is 6.59. The van der Waals surface area contributed by atoms with Crippen molar-refractivity contribution >= 4 is 11.5 Å². The second-order valence-corrected chi connectivity index (χ2v) is 3.25. The van der Waals surface area contributed by atoms with Crippen LogP contribution in [-0.4, -0.2) is 29.1 Å². The van der Waals surface area contributed by atoms with Crippen LogP contribution >= 0.6 is 11.5 Å². The summed E-state index contributed by atoms with van der Waals surface area (Å²) in [6, 6.07) is 0. The molecule has 0 unspecified atom stereocenters. The fourth-order valence-electron chi connectivity index (χ4n) is 0.827. The third kappa shape index (κ3) is 3.69. The van der Waals surface area contributed by atoms with Gasteiger partial charge in [-0.2, -0.15) is 9.36 Å². The van der Waals surface area contributed by atoms with Gasteiger partial charge < -0.3 is 10.1 Å². The quantitative estimate of drug-likeness (QED) is 0.700. The summed E-state index contributed by atoms with van der Waals surface area (Å²) in [5.74, 6) is 0.864. The molecule has 0 aliphatic rings. The van der Waals surface area contributed by atoms with E-state index in [1.165, 1.54) is 11.5 Å². The van der Waals surface area contributed by atoms with Crippen LogP contribution in [-0.2, 0) is 6.42 Å². The molecule has 13 heavy (non-hydrogen) atoms. The molecule has 0 aliphatic heterocycles. The van der Waals surface area contributed by atoms with Gasteiger partial charge in [0.2, 0.25) is 0 Å². The van der Waals surface area contributed by atoms with Crippen molar-refractivity contribution in [1.82, 2.24) is 14.7 Å². The van der Waals surface area contributed by atoms with E-state index in [0.717, 1.165) is 25.3 Å². The monoisotopic (exact) mass is 201 g/mol. The Labute approximate surface area is 82.5 Å². The molecule has 5 heteroatoms. The van der Waals surface area contributed by atoms with Gasteiger partial charge in [-0.1, -0.05) is 13.8 Å². The first-order chi connectivity index (χ1) is 6.36. The topological polar surface area (TPSA) is 47.0 Å². The number of nitrogens with one attached hydrogen (secondary N) is 1. The highest BCUT2D eigenvalue weighted by Crippen LogP contribution is 2.13. The molecule has 0 aliphatic carbocycles. The van der Waals surface area contributed by atoms with Gasteiger partial charge in [0.15, 0.2) is 0 Å². The largest absolute Gasteiger partial charge is 0.468 e. The van der Waals surface area contributed by atoms with E-state index in [-0.39, 0.29) is 0 Å². The number of likely N-dealkylation sites (N-methyl/N-ethyl adjacent to an activating group) is 1. The fourth-order valence-corrected chi connectivity index (χ4v) is 1.46. The van der Waals surface area contributed by atoms with E-state index in [0.29, 0.717) is 11.8 Å². The SMILES string of the molecule is CCNCCOc1nc(CC)ns1. The summed E-state index contributed by atoms with van der Waals surface area (Å²) in [5, 5.41) is 3.85. The second kappa shape index (κ2) is 5.88. The molecule has 1 rings (SSSR count). The number of aromatic nitrogens is 2. The third-order valence-electron chi connectivity index (χ3n) is 1.52. The first-order valence-electron chi connectivity index (χ1n) is 4.53. The molecule has 74 valence electrons. The molecule has 4 nitrogen and oxygen atoms in total. The van der Waals surface area contributed by atoms with E-state index >= 15 is 0 Å². The van der Waals surface area contributed by atoms with Gasteiger partial charge in [0.1, 0.15) is 12.4 Å². The summed E-state index contributed by atoms with van der Waals surface area (Å²) in [7, 11) is 0. The maximum Gasteiger partial charge on any atom is 0.293 e. The van der Waals surface area contributed by atoms with Crippen LogP contribution in [0.15, 0.2) is 0 Å². The predicted molar refractivity (Wildman–Crippen MR) is 53.3 cm³/mol. The van der Waals surface area contributed by atoms with Crippen molar-refractivity contribution < 1.29 is 4.74 Å². The van der Waals surface area contributed by atoms with Gasteiger partial charge >= 0.3 is 0 Å². The van der Waals surface area contributed by atoms with Gasteiger partial charge in [-0.15, -0.1) is 0 Å². The molecule has 0 aromatic carbocycles. The summed E-state index contributed by atoms with van der Waals surface area (Å²) in [5.41, 5.74) is 0. The van der Waals surface area contributed by atoms with Gasteiger partial charge in [-0.05, 0) is 6.54 Å². The van der Waals surface area contributed by atoms with Gasteiger partial charge in [-0.25, -0.2) is 0 Å². The van der Waals surface area contributed by atoms with Crippen LogP contribution in [0.25, 0.3) is 0 Å². The van der Waals surface area contributed by atoms with Crippen molar-refractivity contribution in [2.24, 2.45) is 0 Å². The van der Waals surface area contributed by atoms with Crippen molar-refractivity contribution in [3.8, 4) is 5.19 Å². The van der Waals surface area contributed by atoms with Crippen molar-refractivity contribution in [3.63, 3.8) is 0 Å². The van der Waals surface area contributed by atoms with Crippen LogP contribution in [0.3, 0.4) is 0 Å². The molecule has 0 fully saturated rings. The van der Waals surface area contributed by atoms with E-state index in [1.807, 2.05) is 6.92 Å². The number of ether oxygens (including phenoxy) is 1. The van der Waals surface area contributed by atoms with Crippen LogP contribution in [0.1, 0.15) is 19.7 Å². The standard InChI is InChI=1S/C8H15N3OS/c1-3-7-10-8(13-11-7)12-6-5-9-4-2/h9H,3-6H2,1-2H3. The van der Waals surface area contributed by atoms with Gasteiger partial charge in [0.05, 0.1) is 0 Å². The maximum absolute atomic E-state index is 5.37. The first-order valence-corrected chi connectivity index (χ1v) is 5.30. The maximum atomic E-state index is 5.37. The highest BCUT2D eigenvalue weighted by Gasteiger charge is 2.01. The molecule has 1 aromatic rings. The van der Waals surface area contributed by atoms with E-state index in [1.54, 1.807) is 0 Å². The molecule has 1 aromatic heterocycles. The summed E-state index contributed by atoms with van der Waals surface area (Å²) in [4.78, 5) is 4.18. The summed E-state index contributed by atoms with van der Waals surface area (Å²) >= 11 is 1.32. The summed E-state index contributed by atoms with van der Waals surface area (Å²) in [6.07, 6.45) is 0.868. The average Bonchev–Trinajstić information content (AvgIpc) is 2.60. The highest BCUT2D eigenvalue weighted by atomic mass is 32.1. The van der Waals surface area contributed by atoms with Crippen LogP contribution in [0.2, 0.25) is 0 Å². The minimum absolute atomic E-state index is 0.659. The van der Waals surface area contributed by atoms with Crippen molar-refractivity contribution in [3.05, 3.63) is 5.82 Å². The van der Waals surface area contributed by atoms with E-state index < -0.39 is 0 Å². The third-order valence-corrected chi connectivity index (χ3v) is 2.19. The van der Waals surface area contributed by atoms with Crippen molar-refractivity contribution in [2.45, 2.75) is 20.3 Å². The zero-order chi connectivity index (χ0) is 9.52. The molecule has 0 saturated heterocycles. The number of aryl methyl sites for hydroxylation is 1. The Kier molecular flexibility index (Phi) is 4.70. The zero-order valence-corrected chi connectivity index (χ0v) is 8.86. The first kappa shape index (κ1) is 10.4. The molecule has 0 amide bonds. The molecule has 0 saturated carbocycles. The number of hydrogen-bond acceptors (Lipinski definition) is 5. The van der Waals surface area contributed by atoms with E-state index in [9.17, 15) is 0 Å². The van der Waals surface area contributed by atoms with Gasteiger partial charge in [0, 0.05) is 24.5 Å². The number of nitrogens with zero attached hydrogens (tertiary/aromatic N) is 2. The lowest BCUT2D eigenvalue weighted by atomic mass is 10.5. The minimum atomic E-state index is 0.659.